The maximum atomic E-state index is 8.38. The zero-order valence-corrected chi connectivity index (χ0v) is 6.05. The summed E-state index contributed by atoms with van der Waals surface area (Å²) in [5.41, 5.74) is 0.937. The van der Waals surface area contributed by atoms with E-state index >= 15 is 0 Å². The Hall–Kier alpha value is -0.950. The highest BCUT2D eigenvalue weighted by Gasteiger charge is 1.85. The van der Waals surface area contributed by atoms with Crippen LogP contribution in [0.3, 0.4) is 0 Å². The van der Waals surface area contributed by atoms with Crippen molar-refractivity contribution in [3.63, 3.8) is 0 Å². The molecule has 0 heterocycles. The summed E-state index contributed by atoms with van der Waals surface area (Å²) < 4.78 is 0. The maximum absolute atomic E-state index is 8.38. The summed E-state index contributed by atoms with van der Waals surface area (Å²) in [6.07, 6.45) is 2.60. The predicted octanol–water partition coefficient (Wildman–Crippen LogP) is 2.87. The number of aliphatic hydroxyl groups is 1. The van der Waals surface area contributed by atoms with Crippen molar-refractivity contribution in [1.82, 2.24) is 0 Å². The van der Waals surface area contributed by atoms with Gasteiger partial charge in [-0.05, 0) is 23.8 Å². The molecule has 52 valence electrons. The summed E-state index contributed by atoms with van der Waals surface area (Å²) in [5, 5.41) is 9.08. The van der Waals surface area contributed by atoms with E-state index in [1.165, 1.54) is 0 Å². The van der Waals surface area contributed by atoms with E-state index in [0.29, 0.717) is 5.02 Å². The van der Waals surface area contributed by atoms with E-state index in [4.69, 9.17) is 16.7 Å². The van der Waals surface area contributed by atoms with Crippen LogP contribution in [0.1, 0.15) is 5.56 Å². The monoisotopic (exact) mass is 154 g/mol. The Kier molecular flexibility index (Phi) is 2.35. The van der Waals surface area contributed by atoms with Gasteiger partial charge >= 0.3 is 0 Å². The molecular weight excluding hydrogens is 148 g/mol. The SMILES string of the molecule is OC=Cc1ccc(Cl)cc1. The van der Waals surface area contributed by atoms with Gasteiger partial charge in [-0.15, -0.1) is 0 Å². The minimum atomic E-state index is 0.704. The fourth-order valence-corrected chi connectivity index (χ4v) is 0.786. The molecule has 2 heteroatoms. The number of hydrogen-bond acceptors (Lipinski definition) is 1. The van der Waals surface area contributed by atoms with Crippen LogP contribution < -0.4 is 0 Å². The van der Waals surface area contributed by atoms with Crippen molar-refractivity contribution in [3.05, 3.63) is 41.1 Å². The molecule has 0 aliphatic carbocycles. The first kappa shape index (κ1) is 7.16. The summed E-state index contributed by atoms with van der Waals surface area (Å²) in [7, 11) is 0. The molecule has 0 aliphatic rings. The predicted molar refractivity (Wildman–Crippen MR) is 43.1 cm³/mol. The van der Waals surface area contributed by atoms with Gasteiger partial charge in [-0.25, -0.2) is 0 Å². The van der Waals surface area contributed by atoms with Crippen LogP contribution in [-0.2, 0) is 0 Å². The lowest BCUT2D eigenvalue weighted by Crippen LogP contribution is -1.69. The highest BCUT2D eigenvalue weighted by Crippen LogP contribution is 2.09. The van der Waals surface area contributed by atoms with Crippen LogP contribution in [-0.4, -0.2) is 5.11 Å². The van der Waals surface area contributed by atoms with Crippen LogP contribution >= 0.6 is 11.6 Å². The Morgan fingerprint density at radius 1 is 1.20 bits per heavy atom. The average molecular weight is 155 g/mol. The van der Waals surface area contributed by atoms with Gasteiger partial charge in [-0.3, -0.25) is 0 Å². The van der Waals surface area contributed by atoms with Crippen molar-refractivity contribution >= 4 is 17.7 Å². The van der Waals surface area contributed by atoms with E-state index < -0.39 is 0 Å². The quantitative estimate of drug-likeness (QED) is 0.617. The fourth-order valence-electron chi connectivity index (χ4n) is 0.660. The molecule has 0 amide bonds. The fraction of sp³-hybridized carbons (Fsp3) is 0. The van der Waals surface area contributed by atoms with Crippen molar-refractivity contribution in [2.24, 2.45) is 0 Å². The van der Waals surface area contributed by atoms with E-state index in [-0.39, 0.29) is 0 Å². The lowest BCUT2D eigenvalue weighted by atomic mass is 10.2. The Labute approximate surface area is 64.6 Å². The molecule has 0 bridgehead atoms. The molecule has 1 N–H and O–H groups in total. The Morgan fingerprint density at radius 2 is 1.80 bits per heavy atom. The Bertz CT molecular complexity index is 226. The van der Waals surface area contributed by atoms with Gasteiger partial charge in [0, 0.05) is 5.02 Å². The number of benzene rings is 1. The third-order valence-electron chi connectivity index (χ3n) is 1.14. The van der Waals surface area contributed by atoms with Gasteiger partial charge in [0.15, 0.2) is 0 Å². The second-order valence-electron chi connectivity index (χ2n) is 1.87. The maximum Gasteiger partial charge on any atom is 0.0797 e. The zero-order chi connectivity index (χ0) is 7.40. The third kappa shape index (κ3) is 1.78. The van der Waals surface area contributed by atoms with E-state index in [2.05, 4.69) is 0 Å². The minimum Gasteiger partial charge on any atom is -0.516 e. The lowest BCUT2D eigenvalue weighted by molar-refractivity contribution is 0.478. The average Bonchev–Trinajstić information content (AvgIpc) is 1.95. The highest BCUT2D eigenvalue weighted by atomic mass is 35.5. The van der Waals surface area contributed by atoms with Gasteiger partial charge in [-0.1, -0.05) is 23.7 Å². The van der Waals surface area contributed by atoms with Crippen LogP contribution in [0.25, 0.3) is 6.08 Å². The molecule has 0 spiro atoms. The molecule has 0 saturated heterocycles. The first-order valence-electron chi connectivity index (χ1n) is 2.89. The smallest absolute Gasteiger partial charge is 0.0797 e. The molecule has 1 aromatic rings. The molecule has 0 aromatic heterocycles. The summed E-state index contributed by atoms with van der Waals surface area (Å²) in [6.45, 7) is 0. The third-order valence-corrected chi connectivity index (χ3v) is 1.39. The summed E-state index contributed by atoms with van der Waals surface area (Å²) in [4.78, 5) is 0. The first-order valence-corrected chi connectivity index (χ1v) is 3.27. The van der Waals surface area contributed by atoms with E-state index in [0.717, 1.165) is 11.8 Å². The molecule has 0 unspecified atom stereocenters. The van der Waals surface area contributed by atoms with Crippen LogP contribution in [0.5, 0.6) is 0 Å². The Morgan fingerprint density at radius 3 is 2.30 bits per heavy atom. The van der Waals surface area contributed by atoms with Crippen molar-refractivity contribution in [3.8, 4) is 0 Å². The Balaban J connectivity index is 2.89. The van der Waals surface area contributed by atoms with Gasteiger partial charge < -0.3 is 5.11 Å². The molecular formula is C8H7ClO. The van der Waals surface area contributed by atoms with Gasteiger partial charge in [0.25, 0.3) is 0 Å². The minimum absolute atomic E-state index is 0.704. The van der Waals surface area contributed by atoms with Crippen LogP contribution in [0, 0.1) is 0 Å². The van der Waals surface area contributed by atoms with Crippen LogP contribution in [0.2, 0.25) is 5.02 Å². The number of rotatable bonds is 1. The normalized spacial score (nSPS) is 10.5. The molecule has 0 atom stereocenters. The second-order valence-corrected chi connectivity index (χ2v) is 2.30. The van der Waals surface area contributed by atoms with E-state index in [9.17, 15) is 0 Å². The number of halogens is 1. The van der Waals surface area contributed by atoms with E-state index in [1.807, 2.05) is 12.1 Å². The van der Waals surface area contributed by atoms with Crippen molar-refractivity contribution < 1.29 is 5.11 Å². The van der Waals surface area contributed by atoms with Crippen LogP contribution in [0.15, 0.2) is 30.5 Å². The first-order chi connectivity index (χ1) is 4.83. The molecule has 10 heavy (non-hydrogen) atoms. The van der Waals surface area contributed by atoms with Crippen molar-refractivity contribution in [1.29, 1.82) is 0 Å². The largest absolute Gasteiger partial charge is 0.516 e. The second kappa shape index (κ2) is 3.28. The molecule has 0 fully saturated rings. The summed E-state index contributed by atoms with van der Waals surface area (Å²) in [6, 6.07) is 7.21. The molecule has 1 rings (SSSR count). The summed E-state index contributed by atoms with van der Waals surface area (Å²) in [5.74, 6) is 0. The molecule has 1 aromatic carbocycles. The van der Waals surface area contributed by atoms with Gasteiger partial charge in [0.05, 0.1) is 6.26 Å². The lowest BCUT2D eigenvalue weighted by Gasteiger charge is -1.90. The standard InChI is InChI=1S/C8H7ClO/c9-8-3-1-7(2-4-8)5-6-10/h1-6,10H. The molecule has 0 aliphatic heterocycles. The summed E-state index contributed by atoms with van der Waals surface area (Å²) >= 11 is 5.63. The van der Waals surface area contributed by atoms with Crippen molar-refractivity contribution in [2.45, 2.75) is 0 Å². The molecule has 0 radical (unpaired) electrons. The van der Waals surface area contributed by atoms with Gasteiger partial charge in [-0.2, -0.15) is 0 Å². The van der Waals surface area contributed by atoms with Gasteiger partial charge in [0.2, 0.25) is 0 Å². The number of hydrogen-bond donors (Lipinski definition) is 1. The number of aliphatic hydroxyl groups excluding tert-OH is 1. The van der Waals surface area contributed by atoms with Crippen molar-refractivity contribution in [2.75, 3.05) is 0 Å². The van der Waals surface area contributed by atoms with Gasteiger partial charge in [0.1, 0.15) is 0 Å². The van der Waals surface area contributed by atoms with E-state index in [1.54, 1.807) is 18.2 Å². The van der Waals surface area contributed by atoms with Crippen LogP contribution in [0.4, 0.5) is 0 Å². The molecule has 1 nitrogen and oxygen atoms in total. The highest BCUT2D eigenvalue weighted by molar-refractivity contribution is 6.30. The zero-order valence-electron chi connectivity index (χ0n) is 5.29. The topological polar surface area (TPSA) is 20.2 Å². The molecule has 0 saturated carbocycles.